The summed E-state index contributed by atoms with van der Waals surface area (Å²) in [7, 11) is 0. The summed E-state index contributed by atoms with van der Waals surface area (Å²) < 4.78 is 6.80. The molecule has 0 aliphatic carbocycles. The first kappa shape index (κ1) is 10.7. The summed E-state index contributed by atoms with van der Waals surface area (Å²) >= 11 is 0. The summed E-state index contributed by atoms with van der Waals surface area (Å²) in [6.45, 7) is 5.55. The molecule has 0 amide bonds. The van der Waals surface area contributed by atoms with Gasteiger partial charge in [0.05, 0.1) is 5.52 Å². The zero-order valence-electron chi connectivity index (χ0n) is 9.65. The van der Waals surface area contributed by atoms with Gasteiger partial charge in [-0.1, -0.05) is 12.1 Å². The van der Waals surface area contributed by atoms with Gasteiger partial charge >= 0.3 is 6.09 Å². The minimum absolute atomic E-state index is 0.359. The van der Waals surface area contributed by atoms with Crippen molar-refractivity contribution >= 4 is 17.0 Å². The maximum atomic E-state index is 11.9. The van der Waals surface area contributed by atoms with Crippen LogP contribution in [-0.4, -0.2) is 16.3 Å². The minimum Gasteiger partial charge on any atom is -0.443 e. The largest absolute Gasteiger partial charge is 0.443 e. The van der Waals surface area contributed by atoms with E-state index >= 15 is 0 Å². The van der Waals surface area contributed by atoms with Crippen LogP contribution in [-0.2, 0) is 4.74 Å². The van der Waals surface area contributed by atoms with Crippen LogP contribution < -0.4 is 0 Å². The van der Waals surface area contributed by atoms with Crippen molar-refractivity contribution in [3.63, 3.8) is 0 Å². The Hall–Kier alpha value is -1.77. The van der Waals surface area contributed by atoms with Gasteiger partial charge in [-0.2, -0.15) is 0 Å². The van der Waals surface area contributed by atoms with Gasteiger partial charge in [-0.25, -0.2) is 4.79 Å². The normalized spacial score (nSPS) is 11.7. The van der Waals surface area contributed by atoms with Crippen molar-refractivity contribution in [2.75, 3.05) is 0 Å². The molecule has 16 heavy (non-hydrogen) atoms. The van der Waals surface area contributed by atoms with Crippen LogP contribution in [0.1, 0.15) is 20.8 Å². The number of nitrogens with zero attached hydrogens (tertiary/aromatic N) is 1. The molecule has 1 aromatic heterocycles. The fourth-order valence-electron chi connectivity index (χ4n) is 1.48. The first-order valence-corrected chi connectivity index (χ1v) is 5.18. The lowest BCUT2D eigenvalue weighted by Crippen LogP contribution is -2.26. The van der Waals surface area contributed by atoms with Crippen molar-refractivity contribution in [1.82, 2.24) is 4.57 Å². The van der Waals surface area contributed by atoms with E-state index in [0.29, 0.717) is 0 Å². The molecule has 0 aliphatic heterocycles. The second-order valence-corrected chi connectivity index (χ2v) is 4.64. The van der Waals surface area contributed by atoms with E-state index in [1.807, 2.05) is 45.0 Å². The maximum Gasteiger partial charge on any atom is 0.418 e. The van der Waals surface area contributed by atoms with Crippen LogP contribution in [0.4, 0.5) is 4.79 Å². The Morgan fingerprint density at radius 2 is 2.12 bits per heavy atom. The highest BCUT2D eigenvalue weighted by molar-refractivity contribution is 5.89. The lowest BCUT2D eigenvalue weighted by molar-refractivity contribution is 0.0544. The van der Waals surface area contributed by atoms with Crippen molar-refractivity contribution in [2.24, 2.45) is 0 Å². The topological polar surface area (TPSA) is 31.2 Å². The predicted octanol–water partition coefficient (Wildman–Crippen LogP) is 3.22. The number of fused-ring (bicyclic) bond motifs is 1. The molecule has 0 bridgehead atoms. The molecular formula is C13H14NO2. The molecule has 0 N–H and O–H groups in total. The van der Waals surface area contributed by atoms with Gasteiger partial charge in [0, 0.05) is 11.6 Å². The number of hydrogen-bond donors (Lipinski definition) is 0. The Morgan fingerprint density at radius 3 is 2.81 bits per heavy atom. The molecule has 3 heteroatoms. The molecule has 1 heterocycles. The first-order chi connectivity index (χ1) is 7.47. The van der Waals surface area contributed by atoms with Crippen LogP contribution in [0, 0.1) is 6.07 Å². The maximum absolute atomic E-state index is 11.9. The minimum atomic E-state index is -0.480. The highest BCUT2D eigenvalue weighted by Crippen LogP contribution is 2.17. The third-order valence-corrected chi connectivity index (χ3v) is 2.11. The molecule has 1 aromatic carbocycles. The summed E-state index contributed by atoms with van der Waals surface area (Å²) in [6, 6.07) is 10.4. The number of benzene rings is 1. The van der Waals surface area contributed by atoms with Gasteiger partial charge in [0.15, 0.2) is 0 Å². The second kappa shape index (κ2) is 3.67. The first-order valence-electron chi connectivity index (χ1n) is 5.18. The molecule has 2 aromatic rings. The van der Waals surface area contributed by atoms with Crippen molar-refractivity contribution in [3.05, 3.63) is 36.5 Å². The molecule has 1 radical (unpaired) electrons. The highest BCUT2D eigenvalue weighted by atomic mass is 16.6. The van der Waals surface area contributed by atoms with Gasteiger partial charge in [0.2, 0.25) is 0 Å². The molecule has 2 rings (SSSR count). The van der Waals surface area contributed by atoms with Crippen molar-refractivity contribution in [1.29, 1.82) is 0 Å². The fourth-order valence-corrected chi connectivity index (χ4v) is 1.48. The van der Waals surface area contributed by atoms with E-state index in [0.717, 1.165) is 10.9 Å². The smallest absolute Gasteiger partial charge is 0.418 e. The summed E-state index contributed by atoms with van der Waals surface area (Å²) in [6.07, 6.45) is 1.34. The molecule has 0 fully saturated rings. The Bertz CT molecular complexity index is 520. The van der Waals surface area contributed by atoms with Crippen molar-refractivity contribution in [2.45, 2.75) is 26.4 Å². The van der Waals surface area contributed by atoms with E-state index in [4.69, 9.17) is 4.74 Å². The van der Waals surface area contributed by atoms with Gasteiger partial charge in [-0.3, -0.25) is 4.57 Å². The number of rotatable bonds is 0. The summed E-state index contributed by atoms with van der Waals surface area (Å²) in [4.78, 5) is 11.9. The zero-order valence-corrected chi connectivity index (χ0v) is 9.65. The molecule has 0 atom stereocenters. The Balaban J connectivity index is 2.37. The van der Waals surface area contributed by atoms with Gasteiger partial charge in [0.25, 0.3) is 0 Å². The Labute approximate surface area is 94.6 Å². The number of hydrogen-bond acceptors (Lipinski definition) is 2. The Morgan fingerprint density at radius 1 is 1.38 bits per heavy atom. The highest BCUT2D eigenvalue weighted by Gasteiger charge is 2.18. The molecule has 3 nitrogen and oxygen atoms in total. The quantitative estimate of drug-likeness (QED) is 0.677. The summed E-state index contributed by atoms with van der Waals surface area (Å²) in [5.74, 6) is 0. The van der Waals surface area contributed by atoms with Gasteiger partial charge < -0.3 is 4.74 Å². The van der Waals surface area contributed by atoms with E-state index in [1.54, 1.807) is 6.20 Å². The van der Waals surface area contributed by atoms with Crippen molar-refractivity contribution in [3.8, 4) is 0 Å². The number of carbonyl (C=O) groups excluding carboxylic acids is 1. The molecule has 0 saturated carbocycles. The molecule has 0 saturated heterocycles. The summed E-state index contributed by atoms with van der Waals surface area (Å²) in [5.41, 5.74) is 0.336. The van der Waals surface area contributed by atoms with E-state index < -0.39 is 5.60 Å². The van der Waals surface area contributed by atoms with Gasteiger partial charge in [-0.05, 0) is 39.0 Å². The van der Waals surface area contributed by atoms with Crippen LogP contribution in [0.3, 0.4) is 0 Å². The molecular weight excluding hydrogens is 202 g/mol. The number of carbonyl (C=O) groups is 1. The van der Waals surface area contributed by atoms with Gasteiger partial charge in [0.1, 0.15) is 5.60 Å². The third kappa shape index (κ3) is 2.08. The average Bonchev–Trinajstić information content (AvgIpc) is 2.58. The summed E-state index contributed by atoms with van der Waals surface area (Å²) in [5, 5.41) is 0.911. The molecule has 0 spiro atoms. The van der Waals surface area contributed by atoms with Crippen LogP contribution in [0.25, 0.3) is 10.9 Å². The van der Waals surface area contributed by atoms with Crippen LogP contribution >= 0.6 is 0 Å². The monoisotopic (exact) mass is 216 g/mol. The fraction of sp³-hybridized carbons (Fsp3) is 0.308. The molecule has 83 valence electrons. The second-order valence-electron chi connectivity index (χ2n) is 4.64. The van der Waals surface area contributed by atoms with E-state index in [2.05, 4.69) is 6.07 Å². The third-order valence-electron chi connectivity index (χ3n) is 2.11. The average molecular weight is 216 g/mol. The SMILES string of the molecule is CC(C)(C)OC(=O)n1ccc2[c]cccc21. The predicted molar refractivity (Wildman–Crippen MR) is 62.4 cm³/mol. The Kier molecular flexibility index (Phi) is 2.46. The molecule has 0 aliphatic rings. The van der Waals surface area contributed by atoms with Crippen molar-refractivity contribution < 1.29 is 9.53 Å². The lowest BCUT2D eigenvalue weighted by atomic mass is 10.2. The van der Waals surface area contributed by atoms with E-state index in [-0.39, 0.29) is 6.09 Å². The van der Waals surface area contributed by atoms with Crippen LogP contribution in [0.2, 0.25) is 0 Å². The van der Waals surface area contributed by atoms with Gasteiger partial charge in [-0.15, -0.1) is 0 Å². The lowest BCUT2D eigenvalue weighted by Gasteiger charge is -2.19. The number of aromatic nitrogens is 1. The molecule has 0 unspecified atom stereocenters. The zero-order chi connectivity index (χ0) is 11.8. The standard InChI is InChI=1S/C13H14NO2/c1-13(2,3)16-12(15)14-9-8-10-6-4-5-7-11(10)14/h4-5,7-9H,1-3H3. The van der Waals surface area contributed by atoms with Crippen LogP contribution in [0.5, 0.6) is 0 Å². The van der Waals surface area contributed by atoms with E-state index in [1.165, 1.54) is 4.57 Å². The van der Waals surface area contributed by atoms with E-state index in [9.17, 15) is 4.79 Å². The number of ether oxygens (including phenoxy) is 1. The van der Waals surface area contributed by atoms with Crippen LogP contribution in [0.15, 0.2) is 30.5 Å².